The third-order valence-corrected chi connectivity index (χ3v) is 3.93. The predicted molar refractivity (Wildman–Crippen MR) is 106 cm³/mol. The van der Waals surface area contributed by atoms with Crippen LogP contribution >= 0.6 is 0 Å². The van der Waals surface area contributed by atoms with Crippen molar-refractivity contribution in [2.45, 2.75) is 26.9 Å². The first-order valence-corrected chi connectivity index (χ1v) is 8.74. The van der Waals surface area contributed by atoms with Crippen LogP contribution < -0.4 is 10.6 Å². The molecule has 0 atom stereocenters. The van der Waals surface area contributed by atoms with Gasteiger partial charge in [-0.15, -0.1) is 0 Å². The van der Waals surface area contributed by atoms with Crippen molar-refractivity contribution in [3.05, 3.63) is 46.7 Å². The molecule has 0 heterocycles. The maximum absolute atomic E-state index is 12.9. The number of benzene rings is 1. The maximum Gasteiger partial charge on any atom is 0.280 e. The highest BCUT2D eigenvalue weighted by molar-refractivity contribution is 6.45. The van der Waals surface area contributed by atoms with Crippen LogP contribution in [0.1, 0.15) is 23.6 Å². The molecule has 10 heteroatoms. The molecule has 0 aliphatic rings. The number of carbonyl (C=O) groups is 1. The predicted octanol–water partition coefficient (Wildman–Crippen LogP) is 1.35. The molecule has 0 aromatic heterocycles. The van der Waals surface area contributed by atoms with Crippen LogP contribution in [0, 0.1) is 12.3 Å². The van der Waals surface area contributed by atoms with Gasteiger partial charge in [-0.2, -0.15) is 0 Å². The molecule has 1 rings (SSSR count). The highest BCUT2D eigenvalue weighted by atomic mass is 19.3. The molecule has 0 aliphatic carbocycles. The number of aryl methyl sites for hydroxylation is 1. The first-order chi connectivity index (χ1) is 13.8. The van der Waals surface area contributed by atoms with Gasteiger partial charge in [-0.1, -0.05) is 28.5 Å². The molecule has 8 nitrogen and oxygen atoms in total. The summed E-state index contributed by atoms with van der Waals surface area (Å²) < 4.78 is 25.8. The van der Waals surface area contributed by atoms with E-state index in [1.165, 1.54) is 27.3 Å². The standard InChI is InChI=1S/C19H25F2N5O3/c1-11-7-6-8-13(17(26-28-5)19(27)24-4)15(11)10-29-25-12(2)14(9-23-3)16(22)18(20)21/h6-9,18,22-23H,10H2,1-5H3,(H,24,27)/p+1/b14-9-,22-16?,25-12+,26-17+. The van der Waals surface area contributed by atoms with Crippen molar-refractivity contribution in [3.63, 3.8) is 0 Å². The lowest BCUT2D eigenvalue weighted by atomic mass is 9.98. The van der Waals surface area contributed by atoms with Crippen LogP contribution in [-0.2, 0) is 21.1 Å². The summed E-state index contributed by atoms with van der Waals surface area (Å²) in [6.45, 7) is 3.27. The number of hydrogen-bond donors (Lipinski definition) is 3. The molecular formula is C19H26F2N5O3+. The molecule has 1 amide bonds. The van der Waals surface area contributed by atoms with Gasteiger partial charge in [0.15, 0.2) is 5.71 Å². The van der Waals surface area contributed by atoms with Crippen LogP contribution in [0.5, 0.6) is 0 Å². The fourth-order valence-electron chi connectivity index (χ4n) is 2.47. The zero-order chi connectivity index (χ0) is 22.0. The molecule has 0 saturated carbocycles. The van der Waals surface area contributed by atoms with E-state index in [-0.39, 0.29) is 23.6 Å². The van der Waals surface area contributed by atoms with Gasteiger partial charge in [0.2, 0.25) is 0 Å². The normalized spacial score (nSPS) is 12.8. The second kappa shape index (κ2) is 11.6. The van der Waals surface area contributed by atoms with Crippen LogP contribution in [0.25, 0.3) is 0 Å². The highest BCUT2D eigenvalue weighted by Crippen LogP contribution is 2.18. The number of rotatable bonds is 10. The Balaban J connectivity index is 3.18. The van der Waals surface area contributed by atoms with Crippen molar-refractivity contribution < 1.29 is 28.6 Å². The number of nitrogens with zero attached hydrogens (tertiary/aromatic N) is 2. The number of halogens is 2. The van der Waals surface area contributed by atoms with Crippen molar-refractivity contribution in [3.8, 4) is 0 Å². The van der Waals surface area contributed by atoms with E-state index >= 15 is 0 Å². The number of alkyl halides is 2. The van der Waals surface area contributed by atoms with Gasteiger partial charge in [-0.3, -0.25) is 10.2 Å². The van der Waals surface area contributed by atoms with Gasteiger partial charge in [0.25, 0.3) is 12.3 Å². The zero-order valence-electron chi connectivity index (χ0n) is 17.0. The molecule has 158 valence electrons. The van der Waals surface area contributed by atoms with Crippen molar-refractivity contribution in [1.82, 2.24) is 5.32 Å². The molecule has 29 heavy (non-hydrogen) atoms. The summed E-state index contributed by atoms with van der Waals surface area (Å²) in [5, 5.41) is 19.2. The van der Waals surface area contributed by atoms with E-state index in [0.29, 0.717) is 11.1 Å². The summed E-state index contributed by atoms with van der Waals surface area (Å²) in [4.78, 5) is 22.3. The molecule has 0 fully saturated rings. The van der Waals surface area contributed by atoms with E-state index in [2.05, 4.69) is 15.6 Å². The average molecular weight is 410 g/mol. The Kier molecular flexibility index (Phi) is 9.60. The van der Waals surface area contributed by atoms with Crippen LogP contribution in [-0.4, -0.2) is 50.7 Å². The van der Waals surface area contributed by atoms with E-state index < -0.39 is 18.0 Å². The van der Waals surface area contributed by atoms with E-state index in [0.717, 1.165) is 5.56 Å². The lowest BCUT2D eigenvalue weighted by Gasteiger charge is -2.13. The quantitative estimate of drug-likeness (QED) is 0.400. The Morgan fingerprint density at radius 1 is 1.38 bits per heavy atom. The summed E-state index contributed by atoms with van der Waals surface area (Å²) in [7, 11) is 4.46. The number of hydrogen-bond acceptors (Lipinski definition) is 6. The fraction of sp³-hybridized carbons (Fsp3) is 0.368. The molecule has 1 aromatic rings. The molecule has 1 aromatic carbocycles. The molecular weight excluding hydrogens is 384 g/mol. The van der Waals surface area contributed by atoms with Gasteiger partial charge in [0.1, 0.15) is 25.6 Å². The Morgan fingerprint density at radius 3 is 2.62 bits per heavy atom. The summed E-state index contributed by atoms with van der Waals surface area (Å²) in [5.74, 6) is -0.438. The summed E-state index contributed by atoms with van der Waals surface area (Å²) in [5.41, 5.74) is 1.32. The number of nitrogens with two attached hydrogens (primary N) is 1. The third kappa shape index (κ3) is 6.46. The van der Waals surface area contributed by atoms with Crippen LogP contribution in [0.2, 0.25) is 0 Å². The number of likely N-dealkylation sites (N-methyl/N-ethyl adjacent to an activating group) is 1. The Bertz CT molecular complexity index is 835. The Morgan fingerprint density at radius 2 is 2.07 bits per heavy atom. The number of oxime groups is 2. The third-order valence-electron chi connectivity index (χ3n) is 3.93. The van der Waals surface area contributed by atoms with E-state index in [9.17, 15) is 13.6 Å². The minimum atomic E-state index is -2.92. The summed E-state index contributed by atoms with van der Waals surface area (Å²) in [6.07, 6.45) is -1.54. The average Bonchev–Trinajstić information content (AvgIpc) is 2.70. The molecule has 4 N–H and O–H groups in total. The minimum Gasteiger partial charge on any atom is -0.398 e. The van der Waals surface area contributed by atoms with Crippen LogP contribution in [0.15, 0.2) is 40.3 Å². The SMILES string of the molecule is CNC(=O)/C(=N/OC)c1cccc(C)c1CO/N=C(C)/C(=C/[NH2+]C)C(=N)C(F)F. The lowest BCUT2D eigenvalue weighted by Crippen LogP contribution is -2.73. The van der Waals surface area contributed by atoms with Crippen molar-refractivity contribution in [2.24, 2.45) is 10.3 Å². The second-order valence-electron chi connectivity index (χ2n) is 5.88. The number of quaternary nitrogens is 1. The van der Waals surface area contributed by atoms with Gasteiger partial charge in [-0.05, 0) is 19.4 Å². The molecule has 0 radical (unpaired) electrons. The monoisotopic (exact) mass is 410 g/mol. The zero-order valence-corrected chi connectivity index (χ0v) is 17.0. The molecule has 0 aliphatic heterocycles. The van der Waals surface area contributed by atoms with Crippen molar-refractivity contribution in [2.75, 3.05) is 21.2 Å². The molecule has 0 unspecified atom stereocenters. The molecule has 0 spiro atoms. The van der Waals surface area contributed by atoms with Crippen molar-refractivity contribution >= 4 is 23.0 Å². The topological polar surface area (TPSA) is 113 Å². The smallest absolute Gasteiger partial charge is 0.280 e. The van der Waals surface area contributed by atoms with Crippen LogP contribution in [0.4, 0.5) is 8.78 Å². The van der Waals surface area contributed by atoms with Gasteiger partial charge in [0.05, 0.1) is 18.3 Å². The van der Waals surface area contributed by atoms with E-state index in [4.69, 9.17) is 15.1 Å². The summed E-state index contributed by atoms with van der Waals surface area (Å²) >= 11 is 0. The summed E-state index contributed by atoms with van der Waals surface area (Å²) in [6, 6.07) is 5.29. The van der Waals surface area contributed by atoms with Gasteiger partial charge in [-0.25, -0.2) is 8.78 Å². The van der Waals surface area contributed by atoms with Gasteiger partial charge >= 0.3 is 0 Å². The highest BCUT2D eigenvalue weighted by Gasteiger charge is 2.21. The minimum absolute atomic E-state index is 0.0143. The second-order valence-corrected chi connectivity index (χ2v) is 5.88. The fourth-order valence-corrected chi connectivity index (χ4v) is 2.47. The van der Waals surface area contributed by atoms with Crippen molar-refractivity contribution in [1.29, 1.82) is 5.41 Å². The lowest BCUT2D eigenvalue weighted by molar-refractivity contribution is -0.556. The molecule has 0 bridgehead atoms. The van der Waals surface area contributed by atoms with E-state index in [1.54, 1.807) is 24.5 Å². The van der Waals surface area contributed by atoms with Crippen LogP contribution in [0.3, 0.4) is 0 Å². The Hall–Kier alpha value is -3.14. The first kappa shape index (κ1) is 23.9. The van der Waals surface area contributed by atoms with E-state index in [1.807, 2.05) is 13.0 Å². The largest absolute Gasteiger partial charge is 0.398 e. The number of carbonyl (C=O) groups excluding carboxylic acids is 1. The number of nitrogens with one attached hydrogen (secondary N) is 2. The molecule has 0 saturated heterocycles. The Labute approximate surface area is 168 Å². The number of amides is 1. The first-order valence-electron chi connectivity index (χ1n) is 8.74. The van der Waals surface area contributed by atoms with Gasteiger partial charge < -0.3 is 20.3 Å². The van der Waals surface area contributed by atoms with Gasteiger partial charge in [0, 0.05) is 18.2 Å². The number of allylic oxidation sites excluding steroid dienone is 1. The maximum atomic E-state index is 12.9.